The molecule has 0 fully saturated rings. The average Bonchev–Trinajstić information content (AvgIpc) is 3.48. The van der Waals surface area contributed by atoms with E-state index in [1.165, 1.54) is 26.4 Å². The lowest BCUT2D eigenvalue weighted by molar-refractivity contribution is 1.11. The van der Waals surface area contributed by atoms with Gasteiger partial charge in [0.15, 0.2) is 5.82 Å². The van der Waals surface area contributed by atoms with Crippen molar-refractivity contribution in [1.29, 1.82) is 0 Å². The van der Waals surface area contributed by atoms with Crippen molar-refractivity contribution < 1.29 is 0 Å². The molecule has 0 aliphatic rings. The highest BCUT2D eigenvalue weighted by Crippen LogP contribution is 2.32. The summed E-state index contributed by atoms with van der Waals surface area (Å²) in [5, 5.41) is 1.18. The largest absolute Gasteiger partial charge is 0.241 e. The molecule has 0 atom stereocenters. The molecule has 7 aromatic rings. The number of benzene rings is 5. The van der Waals surface area contributed by atoms with E-state index in [4.69, 9.17) is 15.0 Å². The van der Waals surface area contributed by atoms with E-state index in [0.717, 1.165) is 51.4 Å². The van der Waals surface area contributed by atoms with Crippen molar-refractivity contribution in [1.82, 2.24) is 15.0 Å². The third kappa shape index (κ3) is 5.18. The standard InChI is InChI=1S/C37H27N3S/c1-2-36-38-34-23-31(21-22-35(34)41-36)27-15-19-29(20-16-27)33-24-32(39-37(40-33)30-11-7-4-8-12-30)28-17-13-26(14-18-28)25-9-5-3-6-10-25/h3-24H,2H2,1H3. The van der Waals surface area contributed by atoms with Gasteiger partial charge >= 0.3 is 0 Å². The lowest BCUT2D eigenvalue weighted by Gasteiger charge is -2.11. The molecule has 3 nitrogen and oxygen atoms in total. The minimum atomic E-state index is 0.718. The summed E-state index contributed by atoms with van der Waals surface area (Å²) in [7, 11) is 0. The zero-order valence-corrected chi connectivity index (χ0v) is 23.5. The molecule has 0 unspecified atom stereocenters. The average molecular weight is 546 g/mol. The highest BCUT2D eigenvalue weighted by Gasteiger charge is 2.12. The maximum Gasteiger partial charge on any atom is 0.160 e. The molecule has 0 amide bonds. The molecule has 0 aliphatic carbocycles. The molecule has 0 bridgehead atoms. The first-order chi connectivity index (χ1) is 20.2. The predicted molar refractivity (Wildman–Crippen MR) is 172 cm³/mol. The molecule has 4 heteroatoms. The Morgan fingerprint density at radius 3 is 1.54 bits per heavy atom. The van der Waals surface area contributed by atoms with Crippen LogP contribution in [0.1, 0.15) is 11.9 Å². The van der Waals surface area contributed by atoms with Crippen LogP contribution in [-0.2, 0) is 6.42 Å². The summed E-state index contributed by atoms with van der Waals surface area (Å²) >= 11 is 1.77. The van der Waals surface area contributed by atoms with Crippen LogP contribution in [0, 0.1) is 0 Å². The second-order valence-electron chi connectivity index (χ2n) is 9.99. The SMILES string of the molecule is CCc1nc2cc(-c3ccc(-c4cc(-c5ccc(-c6ccccc6)cc5)nc(-c5ccccc5)n4)cc3)ccc2s1. The normalized spacial score (nSPS) is 11.1. The third-order valence-electron chi connectivity index (χ3n) is 7.29. The molecule has 0 radical (unpaired) electrons. The van der Waals surface area contributed by atoms with E-state index in [1.54, 1.807) is 11.3 Å². The number of thiazole rings is 1. The van der Waals surface area contributed by atoms with Gasteiger partial charge in [-0.05, 0) is 46.9 Å². The molecule has 2 aromatic heterocycles. The Labute approximate surface area is 243 Å². The Hall–Kier alpha value is -4.93. The molecule has 0 N–H and O–H groups in total. The van der Waals surface area contributed by atoms with Gasteiger partial charge in [0, 0.05) is 16.7 Å². The van der Waals surface area contributed by atoms with Crippen LogP contribution < -0.4 is 0 Å². The van der Waals surface area contributed by atoms with Crippen LogP contribution in [0.2, 0.25) is 0 Å². The van der Waals surface area contributed by atoms with Crippen LogP contribution in [0.15, 0.2) is 133 Å². The van der Waals surface area contributed by atoms with E-state index in [-0.39, 0.29) is 0 Å². The summed E-state index contributed by atoms with van der Waals surface area (Å²) < 4.78 is 1.24. The Morgan fingerprint density at radius 1 is 0.463 bits per heavy atom. The zero-order valence-electron chi connectivity index (χ0n) is 22.7. The van der Waals surface area contributed by atoms with Gasteiger partial charge in [0.25, 0.3) is 0 Å². The highest BCUT2D eigenvalue weighted by atomic mass is 32.1. The maximum atomic E-state index is 5.00. The fraction of sp³-hybridized carbons (Fsp3) is 0.0541. The zero-order chi connectivity index (χ0) is 27.6. The molecule has 7 rings (SSSR count). The van der Waals surface area contributed by atoms with Crippen LogP contribution in [0.5, 0.6) is 0 Å². The van der Waals surface area contributed by atoms with Crippen molar-refractivity contribution in [3.05, 3.63) is 138 Å². The molecule has 2 heterocycles. The van der Waals surface area contributed by atoms with Gasteiger partial charge < -0.3 is 0 Å². The molecule has 0 aliphatic heterocycles. The molecule has 41 heavy (non-hydrogen) atoms. The number of hydrogen-bond acceptors (Lipinski definition) is 4. The van der Waals surface area contributed by atoms with Crippen LogP contribution >= 0.6 is 11.3 Å². The Kier molecular flexibility index (Phi) is 6.67. The van der Waals surface area contributed by atoms with Gasteiger partial charge in [-0.25, -0.2) is 15.0 Å². The van der Waals surface area contributed by atoms with Crippen molar-refractivity contribution in [2.24, 2.45) is 0 Å². The summed E-state index contributed by atoms with van der Waals surface area (Å²) in [4.78, 5) is 14.8. The fourth-order valence-corrected chi connectivity index (χ4v) is 5.95. The van der Waals surface area contributed by atoms with Crippen molar-refractivity contribution in [3.8, 4) is 56.2 Å². The van der Waals surface area contributed by atoms with E-state index in [0.29, 0.717) is 0 Å². The van der Waals surface area contributed by atoms with Crippen molar-refractivity contribution in [3.63, 3.8) is 0 Å². The van der Waals surface area contributed by atoms with E-state index in [9.17, 15) is 0 Å². The number of hydrogen-bond donors (Lipinski definition) is 0. The van der Waals surface area contributed by atoms with Crippen molar-refractivity contribution in [2.45, 2.75) is 13.3 Å². The highest BCUT2D eigenvalue weighted by molar-refractivity contribution is 7.18. The summed E-state index contributed by atoms with van der Waals surface area (Å²) in [5.74, 6) is 0.718. The second-order valence-corrected chi connectivity index (χ2v) is 11.1. The monoisotopic (exact) mass is 545 g/mol. The first-order valence-electron chi connectivity index (χ1n) is 13.8. The smallest absolute Gasteiger partial charge is 0.160 e. The Bertz CT molecular complexity index is 1940. The minimum absolute atomic E-state index is 0.718. The lowest BCUT2D eigenvalue weighted by atomic mass is 10.0. The topological polar surface area (TPSA) is 38.7 Å². The van der Waals surface area contributed by atoms with Crippen LogP contribution in [0.4, 0.5) is 0 Å². The van der Waals surface area contributed by atoms with Gasteiger partial charge in [0.05, 0.1) is 26.6 Å². The second kappa shape index (κ2) is 10.9. The number of fused-ring (bicyclic) bond motifs is 1. The van der Waals surface area contributed by atoms with Gasteiger partial charge in [0.2, 0.25) is 0 Å². The van der Waals surface area contributed by atoms with Gasteiger partial charge in [-0.3, -0.25) is 0 Å². The third-order valence-corrected chi connectivity index (χ3v) is 8.47. The van der Waals surface area contributed by atoms with E-state index in [1.807, 2.05) is 24.3 Å². The van der Waals surface area contributed by atoms with E-state index >= 15 is 0 Å². The molecule has 0 spiro atoms. The first-order valence-corrected chi connectivity index (χ1v) is 14.7. The number of aromatic nitrogens is 3. The number of nitrogens with zero attached hydrogens (tertiary/aromatic N) is 3. The molecular formula is C37H27N3S. The predicted octanol–water partition coefficient (Wildman–Crippen LogP) is 9.98. The Morgan fingerprint density at radius 2 is 0.951 bits per heavy atom. The molecule has 0 saturated heterocycles. The summed E-state index contributed by atoms with van der Waals surface area (Å²) in [6.07, 6.45) is 0.965. The van der Waals surface area contributed by atoms with Gasteiger partial charge in [-0.1, -0.05) is 122 Å². The number of aryl methyl sites for hydroxylation is 1. The van der Waals surface area contributed by atoms with Crippen molar-refractivity contribution >= 4 is 21.6 Å². The van der Waals surface area contributed by atoms with Crippen LogP contribution in [0.3, 0.4) is 0 Å². The van der Waals surface area contributed by atoms with Crippen LogP contribution in [-0.4, -0.2) is 15.0 Å². The molecule has 5 aromatic carbocycles. The molecule has 0 saturated carbocycles. The summed E-state index contributed by atoms with van der Waals surface area (Å²) in [6.45, 7) is 2.15. The fourth-order valence-electron chi connectivity index (χ4n) is 5.06. The van der Waals surface area contributed by atoms with Crippen molar-refractivity contribution in [2.75, 3.05) is 0 Å². The quantitative estimate of drug-likeness (QED) is 0.209. The minimum Gasteiger partial charge on any atom is -0.241 e. The first kappa shape index (κ1) is 25.1. The van der Waals surface area contributed by atoms with E-state index < -0.39 is 0 Å². The van der Waals surface area contributed by atoms with Gasteiger partial charge in [0.1, 0.15) is 0 Å². The van der Waals surface area contributed by atoms with Gasteiger partial charge in [-0.2, -0.15) is 0 Å². The van der Waals surface area contributed by atoms with E-state index in [2.05, 4.69) is 116 Å². The van der Waals surface area contributed by atoms with Crippen LogP contribution in [0.25, 0.3) is 66.4 Å². The summed E-state index contributed by atoms with van der Waals surface area (Å²) in [6, 6.07) is 46.5. The maximum absolute atomic E-state index is 5.00. The molecular weight excluding hydrogens is 518 g/mol. The lowest BCUT2D eigenvalue weighted by Crippen LogP contribution is -1.96. The summed E-state index contributed by atoms with van der Waals surface area (Å²) in [5.41, 5.74) is 10.7. The number of rotatable bonds is 6. The van der Waals surface area contributed by atoms with Gasteiger partial charge in [-0.15, -0.1) is 11.3 Å². The Balaban J connectivity index is 1.26. The molecule has 196 valence electrons.